The van der Waals surface area contributed by atoms with Crippen molar-refractivity contribution < 1.29 is 14.3 Å². The molecule has 1 aliphatic carbocycles. The average Bonchev–Trinajstić information content (AvgIpc) is 2.74. The molecule has 1 atom stereocenters. The molecule has 3 nitrogen and oxygen atoms in total. The van der Waals surface area contributed by atoms with Gasteiger partial charge in [-0.1, -0.05) is 25.5 Å². The van der Waals surface area contributed by atoms with Gasteiger partial charge in [0.05, 0.1) is 7.11 Å². The van der Waals surface area contributed by atoms with Crippen LogP contribution in [-0.4, -0.2) is 13.1 Å². The predicted molar refractivity (Wildman–Crippen MR) is 75.0 cm³/mol. The van der Waals surface area contributed by atoms with Crippen LogP contribution in [0.5, 0.6) is 5.75 Å². The summed E-state index contributed by atoms with van der Waals surface area (Å²) in [5.74, 6) is 0.534. The standard InChI is InChI=1S/C16H20O3/c1-4-5-9-16(19-12(2)17)10-8-13-6-7-14(18-3)11-15(13)16/h6-8,10-11H,4-5,9H2,1-3H3. The third kappa shape index (κ3) is 2.65. The molecule has 0 radical (unpaired) electrons. The van der Waals surface area contributed by atoms with Crippen LogP contribution >= 0.6 is 0 Å². The molecule has 0 N–H and O–H groups in total. The molecule has 3 heteroatoms. The number of rotatable bonds is 5. The molecule has 0 saturated carbocycles. The van der Waals surface area contributed by atoms with Crippen molar-refractivity contribution in [3.8, 4) is 5.75 Å². The number of hydrogen-bond acceptors (Lipinski definition) is 3. The molecule has 0 amide bonds. The highest BCUT2D eigenvalue weighted by Crippen LogP contribution is 2.42. The summed E-state index contributed by atoms with van der Waals surface area (Å²) in [7, 11) is 1.64. The number of fused-ring (bicyclic) bond motifs is 1. The van der Waals surface area contributed by atoms with Crippen LogP contribution in [-0.2, 0) is 15.1 Å². The van der Waals surface area contributed by atoms with E-state index in [1.165, 1.54) is 6.92 Å². The molecule has 0 aromatic heterocycles. The maximum Gasteiger partial charge on any atom is 0.303 e. The molecule has 1 aromatic carbocycles. The molecular formula is C16H20O3. The van der Waals surface area contributed by atoms with E-state index in [9.17, 15) is 4.79 Å². The van der Waals surface area contributed by atoms with E-state index in [0.29, 0.717) is 0 Å². The molecule has 102 valence electrons. The molecule has 0 aliphatic heterocycles. The summed E-state index contributed by atoms with van der Waals surface area (Å²) in [4.78, 5) is 11.4. The van der Waals surface area contributed by atoms with Gasteiger partial charge in [-0.25, -0.2) is 0 Å². The van der Waals surface area contributed by atoms with Crippen molar-refractivity contribution in [3.63, 3.8) is 0 Å². The Morgan fingerprint density at radius 2 is 2.16 bits per heavy atom. The molecule has 1 aromatic rings. The van der Waals surface area contributed by atoms with Crippen molar-refractivity contribution in [2.75, 3.05) is 7.11 Å². The van der Waals surface area contributed by atoms with Crippen molar-refractivity contribution in [1.29, 1.82) is 0 Å². The van der Waals surface area contributed by atoms with Crippen LogP contribution in [0.1, 0.15) is 44.2 Å². The van der Waals surface area contributed by atoms with Crippen LogP contribution < -0.4 is 4.74 Å². The second-order valence-corrected chi connectivity index (χ2v) is 4.87. The maximum atomic E-state index is 11.4. The first-order valence-electron chi connectivity index (χ1n) is 6.68. The van der Waals surface area contributed by atoms with Crippen LogP contribution in [0.15, 0.2) is 24.3 Å². The third-order valence-corrected chi connectivity index (χ3v) is 3.48. The van der Waals surface area contributed by atoms with Gasteiger partial charge in [0.2, 0.25) is 0 Å². The lowest BCUT2D eigenvalue weighted by Gasteiger charge is -2.29. The molecule has 0 heterocycles. The van der Waals surface area contributed by atoms with Crippen molar-refractivity contribution in [2.24, 2.45) is 0 Å². The number of methoxy groups -OCH3 is 1. The van der Waals surface area contributed by atoms with Crippen molar-refractivity contribution >= 4 is 12.0 Å². The smallest absolute Gasteiger partial charge is 0.303 e. The first-order valence-corrected chi connectivity index (χ1v) is 6.68. The number of ether oxygens (including phenoxy) is 2. The minimum atomic E-state index is -0.619. The van der Waals surface area contributed by atoms with E-state index < -0.39 is 5.60 Å². The Kier molecular flexibility index (Phi) is 3.93. The van der Waals surface area contributed by atoms with Crippen LogP contribution in [0, 0.1) is 0 Å². The van der Waals surface area contributed by atoms with Gasteiger partial charge >= 0.3 is 5.97 Å². The van der Waals surface area contributed by atoms with Gasteiger partial charge in [-0.15, -0.1) is 0 Å². The molecular weight excluding hydrogens is 240 g/mol. The minimum Gasteiger partial charge on any atom is -0.497 e. The number of unbranched alkanes of at least 4 members (excludes halogenated alkanes) is 1. The van der Waals surface area contributed by atoms with E-state index in [-0.39, 0.29) is 5.97 Å². The molecule has 1 aliphatic rings. The van der Waals surface area contributed by atoms with E-state index in [0.717, 1.165) is 36.1 Å². The summed E-state index contributed by atoms with van der Waals surface area (Å²) >= 11 is 0. The first kappa shape index (κ1) is 13.7. The van der Waals surface area contributed by atoms with Gasteiger partial charge in [0.15, 0.2) is 5.60 Å². The Hall–Kier alpha value is -1.77. The maximum absolute atomic E-state index is 11.4. The van der Waals surface area contributed by atoms with Crippen LogP contribution in [0.25, 0.3) is 6.08 Å². The molecule has 0 fully saturated rings. The Balaban J connectivity index is 2.41. The molecule has 0 bridgehead atoms. The zero-order valence-corrected chi connectivity index (χ0v) is 11.7. The normalized spacial score (nSPS) is 20.2. The quantitative estimate of drug-likeness (QED) is 0.758. The van der Waals surface area contributed by atoms with Crippen LogP contribution in [0.4, 0.5) is 0 Å². The monoisotopic (exact) mass is 260 g/mol. The number of hydrogen-bond donors (Lipinski definition) is 0. The van der Waals surface area contributed by atoms with Gasteiger partial charge in [0.25, 0.3) is 0 Å². The van der Waals surface area contributed by atoms with Crippen molar-refractivity contribution in [1.82, 2.24) is 0 Å². The van der Waals surface area contributed by atoms with Crippen molar-refractivity contribution in [3.05, 3.63) is 35.4 Å². The Morgan fingerprint density at radius 1 is 1.37 bits per heavy atom. The summed E-state index contributed by atoms with van der Waals surface area (Å²) in [6.45, 7) is 3.59. The molecule has 2 rings (SSSR count). The fraction of sp³-hybridized carbons (Fsp3) is 0.438. The molecule has 0 spiro atoms. The van der Waals surface area contributed by atoms with Gasteiger partial charge in [-0.2, -0.15) is 0 Å². The summed E-state index contributed by atoms with van der Waals surface area (Å²) in [5.41, 5.74) is 1.50. The zero-order chi connectivity index (χ0) is 13.9. The second-order valence-electron chi connectivity index (χ2n) is 4.87. The fourth-order valence-corrected chi connectivity index (χ4v) is 2.54. The molecule has 19 heavy (non-hydrogen) atoms. The van der Waals surface area contributed by atoms with E-state index in [1.54, 1.807) is 7.11 Å². The Bertz CT molecular complexity index is 505. The van der Waals surface area contributed by atoms with Crippen molar-refractivity contribution in [2.45, 2.75) is 38.7 Å². The summed E-state index contributed by atoms with van der Waals surface area (Å²) < 4.78 is 10.9. The van der Waals surface area contributed by atoms with Gasteiger partial charge < -0.3 is 9.47 Å². The predicted octanol–water partition coefficient (Wildman–Crippen LogP) is 3.67. The third-order valence-electron chi connectivity index (χ3n) is 3.48. The highest BCUT2D eigenvalue weighted by atomic mass is 16.6. The second kappa shape index (κ2) is 5.47. The van der Waals surface area contributed by atoms with E-state index >= 15 is 0 Å². The lowest BCUT2D eigenvalue weighted by atomic mass is 9.90. The highest BCUT2D eigenvalue weighted by Gasteiger charge is 2.37. The van der Waals surface area contributed by atoms with Crippen LogP contribution in [0.2, 0.25) is 0 Å². The number of carbonyl (C=O) groups excluding carboxylic acids is 1. The van der Waals surface area contributed by atoms with Gasteiger partial charge in [0, 0.05) is 12.5 Å². The topological polar surface area (TPSA) is 35.5 Å². The van der Waals surface area contributed by atoms with Gasteiger partial charge in [-0.3, -0.25) is 4.79 Å². The van der Waals surface area contributed by atoms with Gasteiger partial charge in [0.1, 0.15) is 5.75 Å². The Labute approximate surface area is 114 Å². The highest BCUT2D eigenvalue weighted by molar-refractivity contribution is 5.71. The summed E-state index contributed by atoms with van der Waals surface area (Å²) in [5, 5.41) is 0. The van der Waals surface area contributed by atoms with Crippen LogP contribution in [0.3, 0.4) is 0 Å². The Morgan fingerprint density at radius 3 is 2.79 bits per heavy atom. The molecule has 0 saturated heterocycles. The number of esters is 1. The summed E-state index contributed by atoms with van der Waals surface area (Å²) in [6.07, 6.45) is 6.89. The lowest BCUT2D eigenvalue weighted by Crippen LogP contribution is -2.28. The minimum absolute atomic E-state index is 0.253. The summed E-state index contributed by atoms with van der Waals surface area (Å²) in [6, 6.07) is 5.89. The lowest BCUT2D eigenvalue weighted by molar-refractivity contribution is -0.153. The van der Waals surface area contributed by atoms with E-state index in [1.807, 2.05) is 30.4 Å². The number of benzene rings is 1. The number of carbonyl (C=O) groups is 1. The first-order chi connectivity index (χ1) is 9.11. The zero-order valence-electron chi connectivity index (χ0n) is 11.7. The SMILES string of the molecule is CCCCC1(OC(C)=O)C=Cc2ccc(OC)cc21. The van der Waals surface area contributed by atoms with Gasteiger partial charge in [-0.05, 0) is 36.6 Å². The molecule has 1 unspecified atom stereocenters. The van der Waals surface area contributed by atoms with E-state index in [4.69, 9.17) is 9.47 Å². The average molecular weight is 260 g/mol. The largest absolute Gasteiger partial charge is 0.497 e. The fourth-order valence-electron chi connectivity index (χ4n) is 2.54. The van der Waals surface area contributed by atoms with E-state index in [2.05, 4.69) is 6.92 Å².